The molecule has 0 aromatic carbocycles. The molecule has 2 aromatic heterocycles. The fourth-order valence-corrected chi connectivity index (χ4v) is 4.09. The molecule has 0 saturated carbocycles. The molecule has 1 aliphatic heterocycles. The van der Waals surface area contributed by atoms with Gasteiger partial charge in [-0.3, -0.25) is 9.59 Å². The molecule has 1 unspecified atom stereocenters. The average molecular weight is 423 g/mol. The van der Waals surface area contributed by atoms with Crippen LogP contribution < -0.4 is 15.5 Å². The summed E-state index contributed by atoms with van der Waals surface area (Å²) in [6.07, 6.45) is 3.86. The van der Waals surface area contributed by atoms with Crippen LogP contribution in [-0.4, -0.2) is 46.5 Å². The number of hydrogen-bond acceptors (Lipinski definition) is 5. The van der Waals surface area contributed by atoms with Crippen LogP contribution in [0.2, 0.25) is 0 Å². The van der Waals surface area contributed by atoms with E-state index in [9.17, 15) is 14.9 Å². The molecule has 1 aliphatic rings. The number of aryl methyl sites for hydroxylation is 3. The highest BCUT2D eigenvalue weighted by atomic mass is 16.2. The van der Waals surface area contributed by atoms with Gasteiger partial charge in [-0.1, -0.05) is 0 Å². The molecule has 164 valence electrons. The molecule has 1 atom stereocenters. The second-order valence-corrected chi connectivity index (χ2v) is 8.23. The molecule has 1 saturated heterocycles. The van der Waals surface area contributed by atoms with Gasteiger partial charge in [0.25, 0.3) is 0 Å². The topological polar surface area (TPSA) is 103 Å². The number of piperidine rings is 1. The summed E-state index contributed by atoms with van der Waals surface area (Å²) < 4.78 is 1.95. The van der Waals surface area contributed by atoms with Gasteiger partial charge in [0.1, 0.15) is 17.9 Å². The number of hydrogen-bond donors (Lipinski definition) is 2. The lowest BCUT2D eigenvalue weighted by Crippen LogP contribution is -2.52. The Kier molecular flexibility index (Phi) is 6.95. The van der Waals surface area contributed by atoms with Crippen molar-refractivity contribution in [2.45, 2.75) is 52.1 Å². The van der Waals surface area contributed by atoms with E-state index in [-0.39, 0.29) is 17.9 Å². The van der Waals surface area contributed by atoms with E-state index in [1.54, 1.807) is 0 Å². The van der Waals surface area contributed by atoms with Gasteiger partial charge in [0.15, 0.2) is 0 Å². The minimum absolute atomic E-state index is 0.0184. The molecule has 8 nitrogen and oxygen atoms in total. The highest BCUT2D eigenvalue weighted by Crippen LogP contribution is 2.25. The monoisotopic (exact) mass is 422 g/mol. The molecule has 0 radical (unpaired) electrons. The first kappa shape index (κ1) is 22.3. The number of carbonyl (C=O) groups is 2. The Hall–Kier alpha value is -3.34. The molecule has 31 heavy (non-hydrogen) atoms. The van der Waals surface area contributed by atoms with Gasteiger partial charge >= 0.3 is 0 Å². The van der Waals surface area contributed by atoms with Crippen molar-refractivity contribution in [3.05, 3.63) is 46.9 Å². The highest BCUT2D eigenvalue weighted by molar-refractivity contribution is 5.87. The zero-order valence-corrected chi connectivity index (χ0v) is 18.6. The Bertz CT molecular complexity index is 998. The summed E-state index contributed by atoms with van der Waals surface area (Å²) in [6, 6.07) is 7.47. The summed E-state index contributed by atoms with van der Waals surface area (Å²) in [6.45, 7) is 6.70. The maximum Gasteiger partial charge on any atom is 0.243 e. The normalized spacial score (nSPS) is 15.3. The molecule has 8 heteroatoms. The molecule has 3 heterocycles. The Balaban J connectivity index is 1.63. The SMILES string of the molecule is CC(=O)NC(Cc1cccn1C)C(=O)NC1CCN(c2nc(C)cc(C)c2C#N)CC1. The number of amides is 2. The van der Waals surface area contributed by atoms with Crippen molar-refractivity contribution in [3.8, 4) is 6.07 Å². The first-order valence-electron chi connectivity index (χ1n) is 10.6. The van der Waals surface area contributed by atoms with Gasteiger partial charge in [-0.25, -0.2) is 4.98 Å². The molecule has 0 bridgehead atoms. The van der Waals surface area contributed by atoms with E-state index >= 15 is 0 Å². The molecular formula is C23H30N6O2. The Morgan fingerprint density at radius 1 is 1.32 bits per heavy atom. The molecular weight excluding hydrogens is 392 g/mol. The molecule has 0 aliphatic carbocycles. The molecule has 2 N–H and O–H groups in total. The van der Waals surface area contributed by atoms with E-state index in [1.165, 1.54) is 6.92 Å². The van der Waals surface area contributed by atoms with Crippen LogP contribution >= 0.6 is 0 Å². The van der Waals surface area contributed by atoms with Crippen molar-refractivity contribution in [1.29, 1.82) is 5.26 Å². The van der Waals surface area contributed by atoms with Crippen molar-refractivity contribution in [2.75, 3.05) is 18.0 Å². The van der Waals surface area contributed by atoms with Crippen molar-refractivity contribution in [3.63, 3.8) is 0 Å². The third kappa shape index (κ3) is 5.43. The van der Waals surface area contributed by atoms with Crippen LogP contribution in [0.15, 0.2) is 24.4 Å². The lowest BCUT2D eigenvalue weighted by atomic mass is 10.0. The minimum atomic E-state index is -0.615. The largest absolute Gasteiger partial charge is 0.355 e. The van der Waals surface area contributed by atoms with Crippen molar-refractivity contribution >= 4 is 17.6 Å². The number of aromatic nitrogens is 2. The van der Waals surface area contributed by atoms with Crippen LogP contribution in [0, 0.1) is 25.2 Å². The van der Waals surface area contributed by atoms with Crippen LogP contribution in [-0.2, 0) is 23.1 Å². The summed E-state index contributed by atoms with van der Waals surface area (Å²) in [4.78, 5) is 31.3. The Morgan fingerprint density at radius 2 is 2.03 bits per heavy atom. The fraction of sp³-hybridized carbons (Fsp3) is 0.478. The average Bonchev–Trinajstić information content (AvgIpc) is 3.11. The molecule has 2 aromatic rings. The van der Waals surface area contributed by atoms with E-state index in [0.717, 1.165) is 35.6 Å². The Labute approximate surface area is 183 Å². The first-order valence-corrected chi connectivity index (χ1v) is 10.6. The Morgan fingerprint density at radius 3 is 2.61 bits per heavy atom. The van der Waals surface area contributed by atoms with Gasteiger partial charge in [-0.2, -0.15) is 5.26 Å². The summed E-state index contributed by atoms with van der Waals surface area (Å²) in [5.74, 6) is 0.329. The predicted octanol–water partition coefficient (Wildman–Crippen LogP) is 1.74. The van der Waals surface area contributed by atoms with E-state index in [4.69, 9.17) is 0 Å². The van der Waals surface area contributed by atoms with Crippen molar-refractivity contribution in [2.24, 2.45) is 7.05 Å². The summed E-state index contributed by atoms with van der Waals surface area (Å²) in [7, 11) is 1.92. The number of anilines is 1. The minimum Gasteiger partial charge on any atom is -0.355 e. The van der Waals surface area contributed by atoms with Gasteiger partial charge in [0, 0.05) is 57.1 Å². The smallest absolute Gasteiger partial charge is 0.243 e. The lowest BCUT2D eigenvalue weighted by molar-refractivity contribution is -0.128. The van der Waals surface area contributed by atoms with E-state index in [0.29, 0.717) is 25.1 Å². The zero-order chi connectivity index (χ0) is 22.5. The second-order valence-electron chi connectivity index (χ2n) is 8.23. The van der Waals surface area contributed by atoms with Gasteiger partial charge in [-0.15, -0.1) is 0 Å². The maximum absolute atomic E-state index is 12.9. The molecule has 2 amide bonds. The summed E-state index contributed by atoms with van der Waals surface area (Å²) >= 11 is 0. The number of nitriles is 1. The van der Waals surface area contributed by atoms with Gasteiger partial charge in [-0.05, 0) is 50.5 Å². The number of rotatable bonds is 6. The fourth-order valence-electron chi connectivity index (χ4n) is 4.09. The molecule has 3 rings (SSSR count). The standard InChI is InChI=1S/C23H30N6O2/c1-15-12-16(2)25-22(20(15)14-24)29-10-7-18(8-11-29)27-23(31)21(26-17(3)30)13-19-6-5-9-28(19)4/h5-6,9,12,18,21H,7-8,10-11,13H2,1-4H3,(H,26,30)(H,27,31). The third-order valence-corrected chi connectivity index (χ3v) is 5.74. The third-order valence-electron chi connectivity index (χ3n) is 5.74. The van der Waals surface area contributed by atoms with Crippen LogP contribution in [0.5, 0.6) is 0 Å². The van der Waals surface area contributed by atoms with Crippen LogP contribution in [0.1, 0.15) is 42.3 Å². The molecule has 1 fully saturated rings. The second kappa shape index (κ2) is 9.65. The van der Waals surface area contributed by atoms with E-state index in [2.05, 4.69) is 26.6 Å². The van der Waals surface area contributed by atoms with Crippen LogP contribution in [0.3, 0.4) is 0 Å². The first-order chi connectivity index (χ1) is 14.8. The summed E-state index contributed by atoms with van der Waals surface area (Å²) in [5.41, 5.74) is 3.41. The predicted molar refractivity (Wildman–Crippen MR) is 119 cm³/mol. The van der Waals surface area contributed by atoms with Crippen LogP contribution in [0.4, 0.5) is 5.82 Å². The highest BCUT2D eigenvalue weighted by Gasteiger charge is 2.27. The number of pyridine rings is 1. The van der Waals surface area contributed by atoms with Crippen molar-refractivity contribution in [1.82, 2.24) is 20.2 Å². The van der Waals surface area contributed by atoms with Gasteiger partial charge in [0.2, 0.25) is 11.8 Å². The zero-order valence-electron chi connectivity index (χ0n) is 18.6. The summed E-state index contributed by atoms with van der Waals surface area (Å²) in [5, 5.41) is 15.4. The van der Waals surface area contributed by atoms with Gasteiger partial charge in [0.05, 0.1) is 5.56 Å². The number of nitrogens with one attached hydrogen (secondary N) is 2. The molecule has 0 spiro atoms. The number of nitrogens with zero attached hydrogens (tertiary/aromatic N) is 4. The quantitative estimate of drug-likeness (QED) is 0.738. The van der Waals surface area contributed by atoms with Gasteiger partial charge < -0.3 is 20.1 Å². The lowest BCUT2D eigenvalue weighted by Gasteiger charge is -2.34. The maximum atomic E-state index is 12.9. The van der Waals surface area contributed by atoms with E-state index in [1.807, 2.05) is 49.9 Å². The van der Waals surface area contributed by atoms with Crippen molar-refractivity contribution < 1.29 is 9.59 Å². The van der Waals surface area contributed by atoms with Crippen LogP contribution in [0.25, 0.3) is 0 Å². The van der Waals surface area contributed by atoms with E-state index < -0.39 is 6.04 Å². The number of carbonyl (C=O) groups excluding carboxylic acids is 2.